The van der Waals surface area contributed by atoms with Crippen molar-refractivity contribution in [1.82, 2.24) is 0 Å². The van der Waals surface area contributed by atoms with E-state index in [1.807, 2.05) is 6.92 Å². The van der Waals surface area contributed by atoms with Gasteiger partial charge in [-0.3, -0.25) is 0 Å². The average Bonchev–Trinajstić information content (AvgIpc) is 2.44. The molecule has 0 aliphatic heterocycles. The van der Waals surface area contributed by atoms with Crippen molar-refractivity contribution in [3.63, 3.8) is 0 Å². The molecule has 0 saturated heterocycles. The maximum absolute atomic E-state index is 13.4. The van der Waals surface area contributed by atoms with Gasteiger partial charge in [-0.25, -0.2) is 9.38 Å². The molecule has 0 unspecified atom stereocenters. The zero-order valence-corrected chi connectivity index (χ0v) is 11.1. The number of halogens is 1. The minimum absolute atomic E-state index is 0.343. The lowest BCUT2D eigenvalue weighted by atomic mass is 10.2. The maximum atomic E-state index is 13.4. The first kappa shape index (κ1) is 13.8. The third kappa shape index (κ3) is 3.45. The van der Waals surface area contributed by atoms with Gasteiger partial charge in [0.05, 0.1) is 0 Å². The number of nitrogens with zero attached hydrogens (tertiary/aromatic N) is 1. The van der Waals surface area contributed by atoms with Gasteiger partial charge in [0.2, 0.25) is 0 Å². The summed E-state index contributed by atoms with van der Waals surface area (Å²) in [5.74, 6) is 0.527. The number of benzene rings is 2. The van der Waals surface area contributed by atoms with Gasteiger partial charge in [-0.05, 0) is 49.4 Å². The Morgan fingerprint density at radius 1 is 1.25 bits per heavy atom. The van der Waals surface area contributed by atoms with E-state index in [1.165, 1.54) is 12.1 Å². The van der Waals surface area contributed by atoms with E-state index in [1.54, 1.807) is 36.4 Å². The van der Waals surface area contributed by atoms with Gasteiger partial charge < -0.3 is 10.5 Å². The highest BCUT2D eigenvalue weighted by molar-refractivity contribution is 5.94. The lowest BCUT2D eigenvalue weighted by molar-refractivity contribution is 0.478. The first-order valence-electron chi connectivity index (χ1n) is 6.09. The van der Waals surface area contributed by atoms with E-state index in [4.69, 9.17) is 10.5 Å². The highest BCUT2D eigenvalue weighted by atomic mass is 19.1. The van der Waals surface area contributed by atoms with Crippen molar-refractivity contribution in [2.24, 2.45) is 4.99 Å². The van der Waals surface area contributed by atoms with Crippen molar-refractivity contribution < 1.29 is 9.13 Å². The molecule has 3 nitrogen and oxygen atoms in total. The van der Waals surface area contributed by atoms with Crippen LogP contribution in [0.15, 0.2) is 60.1 Å². The van der Waals surface area contributed by atoms with Crippen molar-refractivity contribution >= 4 is 17.1 Å². The summed E-state index contributed by atoms with van der Waals surface area (Å²) in [5.41, 5.74) is 7.51. The number of ether oxygens (including phenoxy) is 1. The Hall–Kier alpha value is -2.62. The quantitative estimate of drug-likeness (QED) is 0.657. The molecule has 0 atom stereocenters. The maximum Gasteiger partial charge on any atom is 0.155 e. The van der Waals surface area contributed by atoms with E-state index in [0.29, 0.717) is 22.9 Å². The summed E-state index contributed by atoms with van der Waals surface area (Å²) in [6.07, 6.45) is 1.62. The summed E-state index contributed by atoms with van der Waals surface area (Å²) >= 11 is 0. The summed E-state index contributed by atoms with van der Waals surface area (Å²) in [6, 6.07) is 11.1. The lowest BCUT2D eigenvalue weighted by Gasteiger charge is -2.09. The van der Waals surface area contributed by atoms with Crippen LogP contribution in [-0.4, -0.2) is 5.71 Å². The molecule has 0 saturated carbocycles. The largest absolute Gasteiger partial charge is 0.455 e. The first-order chi connectivity index (χ1) is 9.58. The molecule has 0 aromatic heterocycles. The normalized spacial score (nSPS) is 11.2. The number of rotatable bonds is 4. The van der Waals surface area contributed by atoms with Gasteiger partial charge in [-0.2, -0.15) is 0 Å². The average molecular weight is 270 g/mol. The Morgan fingerprint density at radius 2 is 1.95 bits per heavy atom. The van der Waals surface area contributed by atoms with Gasteiger partial charge >= 0.3 is 0 Å². The Kier molecular flexibility index (Phi) is 4.15. The predicted molar refractivity (Wildman–Crippen MR) is 80.3 cm³/mol. The Balaban J connectivity index is 2.36. The fourth-order valence-corrected chi connectivity index (χ4v) is 1.56. The molecule has 4 heteroatoms. The highest BCUT2D eigenvalue weighted by Gasteiger charge is 2.06. The van der Waals surface area contributed by atoms with Crippen molar-refractivity contribution in [2.45, 2.75) is 6.92 Å². The van der Waals surface area contributed by atoms with Crippen molar-refractivity contribution in [2.75, 3.05) is 5.73 Å². The zero-order valence-electron chi connectivity index (χ0n) is 11.1. The third-order valence-electron chi connectivity index (χ3n) is 2.62. The van der Waals surface area contributed by atoms with E-state index in [0.717, 1.165) is 5.71 Å². The standard InChI is InChI=1S/C16H15FN2O/c1-3-11(2)19-15-9-4-12(17)10-16(15)20-14-7-5-13(18)6-8-14/h3-10H,1,18H2,2H3. The van der Waals surface area contributed by atoms with Gasteiger partial charge in [0.1, 0.15) is 17.3 Å². The number of hydrogen-bond donors (Lipinski definition) is 1. The van der Waals surface area contributed by atoms with Gasteiger partial charge in [0, 0.05) is 17.5 Å². The van der Waals surface area contributed by atoms with Crippen molar-refractivity contribution in [1.29, 1.82) is 0 Å². The molecule has 0 aliphatic rings. The minimum Gasteiger partial charge on any atom is -0.455 e. The second-order valence-corrected chi connectivity index (χ2v) is 4.24. The molecule has 0 spiro atoms. The number of anilines is 1. The number of hydrogen-bond acceptors (Lipinski definition) is 3. The monoisotopic (exact) mass is 270 g/mol. The predicted octanol–water partition coefficient (Wildman–Crippen LogP) is 4.48. The van der Waals surface area contributed by atoms with E-state index < -0.39 is 0 Å². The van der Waals surface area contributed by atoms with Crippen LogP contribution in [0.1, 0.15) is 6.92 Å². The van der Waals surface area contributed by atoms with E-state index in [2.05, 4.69) is 11.6 Å². The van der Waals surface area contributed by atoms with Crippen LogP contribution < -0.4 is 10.5 Å². The van der Waals surface area contributed by atoms with Crippen LogP contribution in [0, 0.1) is 5.82 Å². The van der Waals surface area contributed by atoms with Gasteiger partial charge in [-0.15, -0.1) is 0 Å². The van der Waals surface area contributed by atoms with Crippen LogP contribution >= 0.6 is 0 Å². The molecule has 0 aliphatic carbocycles. The number of aliphatic imine (C=N–C) groups is 1. The molecule has 2 aromatic rings. The summed E-state index contributed by atoms with van der Waals surface area (Å²) in [5, 5.41) is 0. The van der Waals surface area contributed by atoms with Crippen LogP contribution in [-0.2, 0) is 0 Å². The van der Waals surface area contributed by atoms with Crippen LogP contribution in [0.4, 0.5) is 15.8 Å². The first-order valence-corrected chi connectivity index (χ1v) is 6.09. The number of nitrogens with two attached hydrogens (primary N) is 1. The van der Waals surface area contributed by atoms with Crippen LogP contribution in [0.2, 0.25) is 0 Å². The van der Waals surface area contributed by atoms with Crippen molar-refractivity contribution in [3.05, 3.63) is 60.9 Å². The molecule has 20 heavy (non-hydrogen) atoms. The minimum atomic E-state index is -0.384. The van der Waals surface area contributed by atoms with Crippen LogP contribution in [0.25, 0.3) is 0 Å². The molecule has 102 valence electrons. The van der Waals surface area contributed by atoms with Crippen LogP contribution in [0.5, 0.6) is 11.5 Å². The van der Waals surface area contributed by atoms with Gasteiger partial charge in [0.15, 0.2) is 5.75 Å². The fourth-order valence-electron chi connectivity index (χ4n) is 1.56. The fraction of sp³-hybridized carbons (Fsp3) is 0.0625. The Labute approximate surface area is 117 Å². The third-order valence-corrected chi connectivity index (χ3v) is 2.62. The number of nitrogen functional groups attached to an aromatic ring is 1. The van der Waals surface area contributed by atoms with Gasteiger partial charge in [0.25, 0.3) is 0 Å². The van der Waals surface area contributed by atoms with E-state index in [-0.39, 0.29) is 5.82 Å². The molecule has 2 N–H and O–H groups in total. The summed E-state index contributed by atoms with van der Waals surface area (Å²) in [4.78, 5) is 4.31. The summed E-state index contributed by atoms with van der Waals surface area (Å²) in [6.45, 7) is 5.45. The molecule has 2 rings (SSSR count). The SMILES string of the molecule is C=CC(C)=Nc1ccc(F)cc1Oc1ccc(N)cc1. The zero-order chi connectivity index (χ0) is 14.5. The molecular weight excluding hydrogens is 255 g/mol. The Morgan fingerprint density at radius 3 is 2.60 bits per heavy atom. The topological polar surface area (TPSA) is 47.6 Å². The second kappa shape index (κ2) is 6.02. The van der Waals surface area contributed by atoms with Crippen molar-refractivity contribution in [3.8, 4) is 11.5 Å². The summed E-state index contributed by atoms with van der Waals surface area (Å²) < 4.78 is 19.0. The molecule has 2 aromatic carbocycles. The molecule has 0 amide bonds. The van der Waals surface area contributed by atoms with Gasteiger partial charge in [-0.1, -0.05) is 6.58 Å². The molecule has 0 radical (unpaired) electrons. The van der Waals surface area contributed by atoms with Crippen LogP contribution in [0.3, 0.4) is 0 Å². The molecular formula is C16H15FN2O. The smallest absolute Gasteiger partial charge is 0.155 e. The molecule has 0 bridgehead atoms. The summed E-state index contributed by atoms with van der Waals surface area (Å²) in [7, 11) is 0. The lowest BCUT2D eigenvalue weighted by Crippen LogP contribution is -1.89. The highest BCUT2D eigenvalue weighted by Crippen LogP contribution is 2.33. The number of allylic oxidation sites excluding steroid dienone is 1. The second-order valence-electron chi connectivity index (χ2n) is 4.24. The molecule has 0 fully saturated rings. The Bertz CT molecular complexity index is 648. The van der Waals surface area contributed by atoms with E-state index >= 15 is 0 Å². The molecule has 0 heterocycles. The van der Waals surface area contributed by atoms with E-state index in [9.17, 15) is 4.39 Å².